The highest BCUT2D eigenvalue weighted by Gasteiger charge is 2.20. The van der Waals surface area contributed by atoms with Gasteiger partial charge in [-0.1, -0.05) is 70.0 Å². The predicted molar refractivity (Wildman–Crippen MR) is 112 cm³/mol. The minimum atomic E-state index is -0.103. The molecular formula is C20H21BrClN3O. The zero-order chi connectivity index (χ0) is 18.4. The number of amides is 2. The molecule has 1 aliphatic heterocycles. The topological polar surface area (TPSA) is 35.6 Å². The molecule has 4 nitrogen and oxygen atoms in total. The van der Waals surface area contributed by atoms with Crippen molar-refractivity contribution in [3.63, 3.8) is 0 Å². The van der Waals surface area contributed by atoms with Gasteiger partial charge in [0.05, 0.1) is 10.7 Å². The van der Waals surface area contributed by atoms with Crippen LogP contribution in [-0.4, -0.2) is 48.6 Å². The van der Waals surface area contributed by atoms with Crippen molar-refractivity contribution >= 4 is 45.3 Å². The lowest BCUT2D eigenvalue weighted by Gasteiger charge is -2.34. The molecule has 0 spiro atoms. The molecule has 2 aromatic rings. The Morgan fingerprint density at radius 2 is 1.85 bits per heavy atom. The van der Waals surface area contributed by atoms with Gasteiger partial charge in [-0.15, -0.1) is 0 Å². The van der Waals surface area contributed by atoms with Crippen LogP contribution in [-0.2, 0) is 0 Å². The molecule has 1 N–H and O–H groups in total. The molecule has 0 atom stereocenters. The Kier molecular flexibility index (Phi) is 6.72. The molecule has 1 heterocycles. The van der Waals surface area contributed by atoms with Gasteiger partial charge in [0.15, 0.2) is 0 Å². The Bertz CT molecular complexity index is 774. The van der Waals surface area contributed by atoms with E-state index < -0.39 is 0 Å². The van der Waals surface area contributed by atoms with Crippen molar-refractivity contribution in [3.05, 3.63) is 69.7 Å². The summed E-state index contributed by atoms with van der Waals surface area (Å²) >= 11 is 9.53. The molecule has 0 bridgehead atoms. The van der Waals surface area contributed by atoms with Crippen LogP contribution in [0.25, 0.3) is 6.08 Å². The number of carbonyl (C=O) groups excluding carboxylic acids is 1. The summed E-state index contributed by atoms with van der Waals surface area (Å²) in [6, 6.07) is 15.6. The molecule has 0 saturated carbocycles. The highest BCUT2D eigenvalue weighted by molar-refractivity contribution is 9.10. The number of piperazine rings is 1. The molecule has 6 heteroatoms. The number of urea groups is 1. The largest absolute Gasteiger partial charge is 0.322 e. The fourth-order valence-electron chi connectivity index (χ4n) is 2.82. The molecular weight excluding hydrogens is 414 g/mol. The van der Waals surface area contributed by atoms with E-state index in [1.165, 1.54) is 5.56 Å². The van der Waals surface area contributed by atoms with Crippen LogP contribution >= 0.6 is 27.5 Å². The molecule has 0 unspecified atom stereocenters. The number of anilines is 1. The fraction of sp³-hybridized carbons (Fsp3) is 0.250. The van der Waals surface area contributed by atoms with Gasteiger partial charge in [0.1, 0.15) is 0 Å². The van der Waals surface area contributed by atoms with E-state index in [1.807, 2.05) is 29.2 Å². The molecule has 1 saturated heterocycles. The van der Waals surface area contributed by atoms with E-state index in [2.05, 4.69) is 50.4 Å². The van der Waals surface area contributed by atoms with Crippen LogP contribution in [0.2, 0.25) is 5.02 Å². The molecule has 1 aliphatic rings. The Morgan fingerprint density at radius 1 is 1.12 bits per heavy atom. The van der Waals surface area contributed by atoms with Crippen molar-refractivity contribution in [3.8, 4) is 0 Å². The minimum absolute atomic E-state index is 0.103. The maximum Gasteiger partial charge on any atom is 0.321 e. The van der Waals surface area contributed by atoms with Gasteiger partial charge in [-0.3, -0.25) is 4.90 Å². The second-order valence-electron chi connectivity index (χ2n) is 6.16. The van der Waals surface area contributed by atoms with E-state index in [-0.39, 0.29) is 6.03 Å². The molecule has 0 aromatic heterocycles. The first-order valence-corrected chi connectivity index (χ1v) is 9.74. The summed E-state index contributed by atoms with van der Waals surface area (Å²) in [6.45, 7) is 4.03. The van der Waals surface area contributed by atoms with Gasteiger partial charge in [-0.05, 0) is 23.8 Å². The average Bonchev–Trinajstić information content (AvgIpc) is 2.65. The number of hydrogen-bond acceptors (Lipinski definition) is 2. The molecule has 26 heavy (non-hydrogen) atoms. The number of hydrogen-bond donors (Lipinski definition) is 1. The van der Waals surface area contributed by atoms with Crippen molar-refractivity contribution in [1.29, 1.82) is 0 Å². The van der Waals surface area contributed by atoms with Crippen LogP contribution in [0.4, 0.5) is 10.5 Å². The Morgan fingerprint density at radius 3 is 2.54 bits per heavy atom. The quantitative estimate of drug-likeness (QED) is 0.738. The van der Waals surface area contributed by atoms with Gasteiger partial charge in [-0.2, -0.15) is 0 Å². The second-order valence-corrected chi connectivity index (χ2v) is 7.48. The van der Waals surface area contributed by atoms with Gasteiger partial charge < -0.3 is 10.2 Å². The second kappa shape index (κ2) is 9.21. The molecule has 136 valence electrons. The van der Waals surface area contributed by atoms with E-state index in [9.17, 15) is 4.79 Å². The first-order valence-electron chi connectivity index (χ1n) is 8.57. The lowest BCUT2D eigenvalue weighted by molar-refractivity contribution is 0.156. The average molecular weight is 435 g/mol. The van der Waals surface area contributed by atoms with Gasteiger partial charge in [0.2, 0.25) is 0 Å². The van der Waals surface area contributed by atoms with E-state index in [0.29, 0.717) is 23.8 Å². The molecule has 3 rings (SSSR count). The third kappa shape index (κ3) is 5.34. The lowest BCUT2D eigenvalue weighted by atomic mass is 10.2. The van der Waals surface area contributed by atoms with Crippen molar-refractivity contribution < 1.29 is 4.79 Å². The summed E-state index contributed by atoms with van der Waals surface area (Å²) in [5.41, 5.74) is 1.84. The molecule has 0 aliphatic carbocycles. The van der Waals surface area contributed by atoms with Crippen LogP contribution in [0.1, 0.15) is 5.56 Å². The van der Waals surface area contributed by atoms with Crippen molar-refractivity contribution in [2.75, 3.05) is 38.0 Å². The summed E-state index contributed by atoms with van der Waals surface area (Å²) in [4.78, 5) is 16.6. The summed E-state index contributed by atoms with van der Waals surface area (Å²) in [6.07, 6.45) is 4.31. The summed E-state index contributed by atoms with van der Waals surface area (Å²) in [5, 5.41) is 3.41. The molecule has 2 aromatic carbocycles. The minimum Gasteiger partial charge on any atom is -0.322 e. The standard InChI is InChI=1S/C20H21BrClN3O/c21-17-8-9-19(18(22)15-17)23-20(26)25-13-11-24(12-14-25)10-4-7-16-5-2-1-3-6-16/h1-9,15H,10-14H2,(H,23,26). The number of halogens is 2. The third-order valence-corrected chi connectivity index (χ3v) is 5.11. The van der Waals surface area contributed by atoms with Crippen molar-refractivity contribution in [2.45, 2.75) is 0 Å². The van der Waals surface area contributed by atoms with Gasteiger partial charge >= 0.3 is 6.03 Å². The van der Waals surface area contributed by atoms with Crippen LogP contribution in [0.5, 0.6) is 0 Å². The zero-order valence-electron chi connectivity index (χ0n) is 14.4. The number of benzene rings is 2. The summed E-state index contributed by atoms with van der Waals surface area (Å²) in [7, 11) is 0. The Balaban J connectivity index is 1.45. The zero-order valence-corrected chi connectivity index (χ0v) is 16.7. The maximum atomic E-state index is 12.4. The van der Waals surface area contributed by atoms with Crippen LogP contribution in [0, 0.1) is 0 Å². The SMILES string of the molecule is O=C(Nc1ccc(Br)cc1Cl)N1CCN(CC=Cc2ccccc2)CC1. The lowest BCUT2D eigenvalue weighted by Crippen LogP contribution is -2.49. The van der Waals surface area contributed by atoms with Crippen molar-refractivity contribution in [1.82, 2.24) is 9.80 Å². The monoisotopic (exact) mass is 433 g/mol. The van der Waals surface area contributed by atoms with Gasteiger partial charge in [-0.25, -0.2) is 4.79 Å². The first-order chi connectivity index (χ1) is 12.6. The summed E-state index contributed by atoms with van der Waals surface area (Å²) in [5.74, 6) is 0. The normalized spacial score (nSPS) is 15.4. The number of nitrogens with one attached hydrogen (secondary N) is 1. The highest BCUT2D eigenvalue weighted by Crippen LogP contribution is 2.26. The van der Waals surface area contributed by atoms with Crippen molar-refractivity contribution in [2.24, 2.45) is 0 Å². The molecule has 0 radical (unpaired) electrons. The fourth-order valence-corrected chi connectivity index (χ4v) is 3.54. The maximum absolute atomic E-state index is 12.4. The number of nitrogens with zero attached hydrogens (tertiary/aromatic N) is 2. The van der Waals surface area contributed by atoms with Crippen LogP contribution in [0.15, 0.2) is 59.1 Å². The van der Waals surface area contributed by atoms with Gasteiger partial charge in [0.25, 0.3) is 0 Å². The summed E-state index contributed by atoms with van der Waals surface area (Å²) < 4.78 is 0.887. The van der Waals surface area contributed by atoms with Crippen LogP contribution < -0.4 is 5.32 Å². The first kappa shape index (κ1) is 19.0. The molecule has 1 fully saturated rings. The van der Waals surface area contributed by atoms with E-state index in [1.54, 1.807) is 12.1 Å². The highest BCUT2D eigenvalue weighted by atomic mass is 79.9. The third-order valence-electron chi connectivity index (χ3n) is 4.31. The smallest absolute Gasteiger partial charge is 0.321 e. The number of carbonyl (C=O) groups is 1. The van der Waals surface area contributed by atoms with Crippen LogP contribution in [0.3, 0.4) is 0 Å². The van der Waals surface area contributed by atoms with E-state index in [4.69, 9.17) is 11.6 Å². The number of rotatable bonds is 4. The predicted octanol–water partition coefficient (Wildman–Crippen LogP) is 4.97. The van der Waals surface area contributed by atoms with Gasteiger partial charge in [0, 0.05) is 37.2 Å². The molecule has 2 amide bonds. The Hall–Kier alpha value is -1.82. The van der Waals surface area contributed by atoms with E-state index in [0.717, 1.165) is 24.1 Å². The Labute approximate surface area is 167 Å². The van der Waals surface area contributed by atoms with E-state index >= 15 is 0 Å².